The summed E-state index contributed by atoms with van der Waals surface area (Å²) in [6, 6.07) is 10.2. The maximum Gasteiger partial charge on any atom is 0.311 e. The topological polar surface area (TPSA) is 135 Å². The minimum atomic E-state index is -3.83. The highest BCUT2D eigenvalue weighted by molar-refractivity contribution is 7.89. The quantitative estimate of drug-likeness (QED) is 0.336. The number of nitro groups is 1. The number of aryl methyl sites for hydroxylation is 1. The Morgan fingerprint density at radius 2 is 1.81 bits per heavy atom. The maximum absolute atomic E-state index is 13.4. The van der Waals surface area contributed by atoms with E-state index in [0.717, 1.165) is 18.2 Å². The summed E-state index contributed by atoms with van der Waals surface area (Å²) >= 11 is 0. The number of carbonyl (C=O) groups excluding carboxylic acids is 1. The van der Waals surface area contributed by atoms with Crippen molar-refractivity contribution < 1.29 is 27.3 Å². The Morgan fingerprint density at radius 3 is 2.39 bits per heavy atom. The molecule has 3 aromatic rings. The summed E-state index contributed by atoms with van der Waals surface area (Å²) in [5.74, 6) is -1.53. The number of Topliss-reactive ketones (excluding diaryl/α,β-unsaturated/α-hetero) is 1. The van der Waals surface area contributed by atoms with Crippen LogP contribution in [0.2, 0.25) is 0 Å². The average Bonchev–Trinajstić information content (AvgIpc) is 2.99. The minimum absolute atomic E-state index is 0.0416. The van der Waals surface area contributed by atoms with E-state index < -0.39 is 38.8 Å². The van der Waals surface area contributed by atoms with Crippen LogP contribution in [0.5, 0.6) is 5.75 Å². The van der Waals surface area contributed by atoms with Crippen LogP contribution in [0.3, 0.4) is 0 Å². The van der Waals surface area contributed by atoms with E-state index in [1.807, 2.05) is 0 Å². The Kier molecular flexibility index (Phi) is 5.91. The van der Waals surface area contributed by atoms with E-state index in [2.05, 4.69) is 0 Å². The molecule has 0 saturated carbocycles. The van der Waals surface area contributed by atoms with Crippen LogP contribution in [0.15, 0.2) is 53.4 Å². The molecule has 0 spiro atoms. The molecule has 1 heterocycles. The van der Waals surface area contributed by atoms with Gasteiger partial charge >= 0.3 is 5.69 Å². The van der Waals surface area contributed by atoms with Gasteiger partial charge in [-0.1, -0.05) is 0 Å². The number of rotatable bonds is 7. The van der Waals surface area contributed by atoms with Gasteiger partial charge in [0.2, 0.25) is 15.8 Å². The van der Waals surface area contributed by atoms with Gasteiger partial charge in [0.15, 0.2) is 12.4 Å². The second-order valence-corrected chi connectivity index (χ2v) is 8.30. The van der Waals surface area contributed by atoms with Crippen LogP contribution >= 0.6 is 0 Å². The third-order valence-corrected chi connectivity index (χ3v) is 5.56. The molecule has 0 fully saturated rings. The van der Waals surface area contributed by atoms with E-state index in [4.69, 9.17) is 9.88 Å². The monoisotopic (exact) mass is 447 g/mol. The summed E-state index contributed by atoms with van der Waals surface area (Å²) < 4.78 is 43.3. The molecule has 0 aliphatic heterocycles. The van der Waals surface area contributed by atoms with Crippen LogP contribution in [0, 0.1) is 29.8 Å². The van der Waals surface area contributed by atoms with Gasteiger partial charge in [0.05, 0.1) is 9.82 Å². The lowest BCUT2D eigenvalue weighted by Gasteiger charge is -2.11. The SMILES string of the molecule is Cc1cc(C(=O)COc2cc(F)ccc2[N+](=O)[O-])c(C)n1-c1ccc(S(N)(=O)=O)cc1. The second-order valence-electron chi connectivity index (χ2n) is 6.74. The van der Waals surface area contributed by atoms with Crippen molar-refractivity contribution in [2.45, 2.75) is 18.7 Å². The molecule has 9 nitrogen and oxygen atoms in total. The average molecular weight is 447 g/mol. The number of hydrogen-bond donors (Lipinski definition) is 1. The Balaban J connectivity index is 1.86. The lowest BCUT2D eigenvalue weighted by atomic mass is 10.1. The number of benzene rings is 2. The Hall–Kier alpha value is -3.57. The molecule has 0 unspecified atom stereocenters. The second kappa shape index (κ2) is 8.28. The fraction of sp³-hybridized carbons (Fsp3) is 0.150. The van der Waals surface area contributed by atoms with E-state index in [-0.39, 0.29) is 10.6 Å². The summed E-state index contributed by atoms with van der Waals surface area (Å²) in [6.07, 6.45) is 0. The molecule has 0 atom stereocenters. The fourth-order valence-electron chi connectivity index (χ4n) is 3.20. The van der Waals surface area contributed by atoms with Gasteiger partial charge in [-0.15, -0.1) is 0 Å². The number of aromatic nitrogens is 1. The summed E-state index contributed by atoms with van der Waals surface area (Å²) in [6.45, 7) is 2.92. The van der Waals surface area contributed by atoms with Gasteiger partial charge in [-0.05, 0) is 50.2 Å². The van der Waals surface area contributed by atoms with Gasteiger partial charge in [0.1, 0.15) is 5.82 Å². The lowest BCUT2D eigenvalue weighted by Crippen LogP contribution is -2.14. The molecule has 0 bridgehead atoms. The minimum Gasteiger partial charge on any atom is -0.478 e. The number of nitrogens with zero attached hydrogens (tertiary/aromatic N) is 2. The van der Waals surface area contributed by atoms with Crippen LogP contribution in [0.1, 0.15) is 21.7 Å². The van der Waals surface area contributed by atoms with Gasteiger partial charge in [-0.25, -0.2) is 17.9 Å². The highest BCUT2D eigenvalue weighted by Gasteiger charge is 2.21. The number of carbonyl (C=O) groups is 1. The van der Waals surface area contributed by atoms with Crippen LogP contribution < -0.4 is 9.88 Å². The van der Waals surface area contributed by atoms with Crippen molar-refractivity contribution in [3.63, 3.8) is 0 Å². The van der Waals surface area contributed by atoms with E-state index >= 15 is 0 Å². The predicted molar refractivity (Wildman–Crippen MR) is 109 cm³/mol. The first-order chi connectivity index (χ1) is 14.5. The first-order valence-electron chi connectivity index (χ1n) is 8.91. The van der Waals surface area contributed by atoms with Crippen molar-refractivity contribution in [3.8, 4) is 11.4 Å². The molecule has 11 heteroatoms. The van der Waals surface area contributed by atoms with Crippen molar-refractivity contribution in [2.24, 2.45) is 5.14 Å². The van der Waals surface area contributed by atoms with Crippen molar-refractivity contribution in [1.82, 2.24) is 4.57 Å². The number of nitro benzene ring substituents is 1. The highest BCUT2D eigenvalue weighted by atomic mass is 32.2. The van der Waals surface area contributed by atoms with E-state index in [9.17, 15) is 27.7 Å². The first-order valence-corrected chi connectivity index (χ1v) is 10.5. The number of ether oxygens (including phenoxy) is 1. The maximum atomic E-state index is 13.4. The van der Waals surface area contributed by atoms with E-state index in [1.165, 1.54) is 12.1 Å². The largest absolute Gasteiger partial charge is 0.478 e. The fourth-order valence-corrected chi connectivity index (χ4v) is 3.72. The van der Waals surface area contributed by atoms with Gasteiger partial charge in [-0.3, -0.25) is 14.9 Å². The molecule has 162 valence electrons. The van der Waals surface area contributed by atoms with Crippen LogP contribution in [-0.4, -0.2) is 30.3 Å². The normalized spacial score (nSPS) is 11.4. The zero-order chi connectivity index (χ0) is 22.9. The molecule has 0 aliphatic carbocycles. The number of halogens is 1. The molecule has 0 saturated heterocycles. The van der Waals surface area contributed by atoms with Crippen molar-refractivity contribution in [1.29, 1.82) is 0 Å². The van der Waals surface area contributed by atoms with Crippen molar-refractivity contribution >= 4 is 21.5 Å². The van der Waals surface area contributed by atoms with E-state index in [1.54, 1.807) is 36.6 Å². The smallest absolute Gasteiger partial charge is 0.311 e. The number of primary sulfonamides is 1. The Bertz CT molecular complexity index is 1280. The number of ketones is 1. The Labute approximate surface area is 177 Å². The molecular weight excluding hydrogens is 429 g/mol. The third kappa shape index (κ3) is 4.62. The summed E-state index contributed by atoms with van der Waals surface area (Å²) in [5, 5.41) is 16.2. The van der Waals surface area contributed by atoms with Crippen LogP contribution in [0.4, 0.5) is 10.1 Å². The zero-order valence-electron chi connectivity index (χ0n) is 16.5. The summed E-state index contributed by atoms with van der Waals surface area (Å²) in [5.41, 5.74) is 1.73. The molecule has 0 aliphatic rings. The molecule has 31 heavy (non-hydrogen) atoms. The lowest BCUT2D eigenvalue weighted by molar-refractivity contribution is -0.385. The first kappa shape index (κ1) is 22.1. The number of hydrogen-bond acceptors (Lipinski definition) is 6. The summed E-state index contributed by atoms with van der Waals surface area (Å²) in [7, 11) is -3.83. The molecule has 2 aromatic carbocycles. The number of sulfonamides is 1. The van der Waals surface area contributed by atoms with Crippen LogP contribution in [-0.2, 0) is 10.0 Å². The molecule has 3 rings (SSSR count). The molecule has 2 N–H and O–H groups in total. The number of nitrogens with two attached hydrogens (primary N) is 1. The van der Waals surface area contributed by atoms with Gasteiger partial charge < -0.3 is 9.30 Å². The third-order valence-electron chi connectivity index (χ3n) is 4.63. The van der Waals surface area contributed by atoms with E-state index in [0.29, 0.717) is 22.6 Å². The molecule has 0 radical (unpaired) electrons. The Morgan fingerprint density at radius 1 is 1.16 bits per heavy atom. The van der Waals surface area contributed by atoms with Gasteiger partial charge in [-0.2, -0.15) is 0 Å². The van der Waals surface area contributed by atoms with Crippen molar-refractivity contribution in [3.05, 3.63) is 81.4 Å². The van der Waals surface area contributed by atoms with Crippen LogP contribution in [0.25, 0.3) is 5.69 Å². The van der Waals surface area contributed by atoms with Gasteiger partial charge in [0.25, 0.3) is 0 Å². The highest BCUT2D eigenvalue weighted by Crippen LogP contribution is 2.28. The predicted octanol–water partition coefficient (Wildman–Crippen LogP) is 3.05. The zero-order valence-corrected chi connectivity index (χ0v) is 17.3. The summed E-state index contributed by atoms with van der Waals surface area (Å²) in [4.78, 5) is 23.0. The van der Waals surface area contributed by atoms with Gasteiger partial charge in [0, 0.05) is 34.8 Å². The molecular formula is C20H18FN3O6S. The molecule has 1 aromatic heterocycles. The van der Waals surface area contributed by atoms with Crippen molar-refractivity contribution in [2.75, 3.05) is 6.61 Å². The molecule has 0 amide bonds. The standard InChI is InChI=1S/C20H18FN3O6S/c1-12-9-17(13(2)23(12)15-4-6-16(7-5-15)31(22,28)29)19(25)11-30-20-10-14(21)3-8-18(20)24(26)27/h3-10H,11H2,1-2H3,(H2,22,28,29).